The molecule has 0 bridgehead atoms. The van der Waals surface area contributed by atoms with Crippen LogP contribution in [-0.4, -0.2) is 75.6 Å². The summed E-state index contributed by atoms with van der Waals surface area (Å²) >= 11 is 0. The second-order valence-electron chi connectivity index (χ2n) is 8.12. The van der Waals surface area contributed by atoms with Gasteiger partial charge in [0.05, 0.1) is 18.8 Å². The number of pyridine rings is 1. The Labute approximate surface area is 171 Å². The molecule has 8 heteroatoms. The second-order valence-corrected chi connectivity index (χ2v) is 8.12. The molecule has 8 nitrogen and oxygen atoms in total. The van der Waals surface area contributed by atoms with Gasteiger partial charge in [-0.05, 0) is 44.5 Å². The van der Waals surface area contributed by atoms with Crippen molar-refractivity contribution >= 4 is 22.8 Å². The van der Waals surface area contributed by atoms with E-state index >= 15 is 0 Å². The summed E-state index contributed by atoms with van der Waals surface area (Å²) in [6, 6.07) is 3.97. The van der Waals surface area contributed by atoms with E-state index in [0.717, 1.165) is 42.8 Å². The third kappa shape index (κ3) is 4.58. The maximum Gasteiger partial charge on any atom is 0.234 e. The monoisotopic (exact) mass is 398 g/mol. The van der Waals surface area contributed by atoms with Crippen LogP contribution in [0.1, 0.15) is 44.2 Å². The molecule has 0 radical (unpaired) electrons. The molecule has 2 aliphatic heterocycles. The van der Waals surface area contributed by atoms with Gasteiger partial charge in [0.2, 0.25) is 11.8 Å². The number of hydrogen-bond donors (Lipinski definition) is 1. The molecule has 0 spiro atoms. The molecular weight excluding hydrogens is 368 g/mol. The normalized spacial score (nSPS) is 20.3. The predicted octanol–water partition coefficient (Wildman–Crippen LogP) is 1.37. The van der Waals surface area contributed by atoms with Gasteiger partial charge in [0.15, 0.2) is 5.65 Å². The lowest BCUT2D eigenvalue weighted by Crippen LogP contribution is -2.40. The van der Waals surface area contributed by atoms with E-state index in [9.17, 15) is 9.59 Å². The van der Waals surface area contributed by atoms with Gasteiger partial charge in [0.1, 0.15) is 0 Å². The van der Waals surface area contributed by atoms with E-state index in [1.54, 1.807) is 13.1 Å². The minimum Gasteiger partial charge on any atom is -0.353 e. The van der Waals surface area contributed by atoms with Crippen LogP contribution < -0.4 is 5.32 Å². The van der Waals surface area contributed by atoms with Crippen LogP contribution in [0.2, 0.25) is 0 Å². The van der Waals surface area contributed by atoms with E-state index in [-0.39, 0.29) is 17.7 Å². The van der Waals surface area contributed by atoms with Crippen molar-refractivity contribution in [2.45, 2.75) is 45.1 Å². The average Bonchev–Trinajstić information content (AvgIpc) is 3.34. The summed E-state index contributed by atoms with van der Waals surface area (Å²) in [7, 11) is 0. The maximum absolute atomic E-state index is 12.2. The van der Waals surface area contributed by atoms with Gasteiger partial charge in [0, 0.05) is 44.1 Å². The summed E-state index contributed by atoms with van der Waals surface area (Å²) < 4.78 is 1.89. The van der Waals surface area contributed by atoms with E-state index in [1.165, 1.54) is 19.3 Å². The number of piperidine rings is 1. The quantitative estimate of drug-likeness (QED) is 0.795. The minimum atomic E-state index is 0.0736. The van der Waals surface area contributed by atoms with Gasteiger partial charge < -0.3 is 10.2 Å². The number of carbonyl (C=O) groups excluding carboxylic acids is 2. The average molecular weight is 399 g/mol. The van der Waals surface area contributed by atoms with Gasteiger partial charge >= 0.3 is 0 Å². The highest BCUT2D eigenvalue weighted by Crippen LogP contribution is 2.31. The van der Waals surface area contributed by atoms with Crippen molar-refractivity contribution in [3.05, 3.63) is 24.0 Å². The van der Waals surface area contributed by atoms with E-state index in [4.69, 9.17) is 5.10 Å². The Kier molecular flexibility index (Phi) is 6.08. The molecule has 0 aliphatic carbocycles. The molecule has 4 rings (SSSR count). The second kappa shape index (κ2) is 8.90. The fourth-order valence-electron chi connectivity index (χ4n) is 4.44. The van der Waals surface area contributed by atoms with Gasteiger partial charge in [-0.2, -0.15) is 5.10 Å². The largest absolute Gasteiger partial charge is 0.353 e. The molecule has 29 heavy (non-hydrogen) atoms. The van der Waals surface area contributed by atoms with Gasteiger partial charge in [-0.3, -0.25) is 14.5 Å². The van der Waals surface area contributed by atoms with Crippen molar-refractivity contribution in [2.24, 2.45) is 0 Å². The zero-order valence-corrected chi connectivity index (χ0v) is 17.1. The number of hydrogen-bond acceptors (Lipinski definition) is 5. The van der Waals surface area contributed by atoms with Gasteiger partial charge in [-0.1, -0.05) is 6.42 Å². The Morgan fingerprint density at radius 1 is 1.21 bits per heavy atom. The topological polar surface area (TPSA) is 83.4 Å². The van der Waals surface area contributed by atoms with E-state index in [0.29, 0.717) is 26.2 Å². The molecule has 0 aromatic carbocycles. The Morgan fingerprint density at radius 3 is 2.79 bits per heavy atom. The number of nitrogens with one attached hydrogen (secondary N) is 1. The highest BCUT2D eigenvalue weighted by molar-refractivity contribution is 5.80. The minimum absolute atomic E-state index is 0.0736. The molecule has 0 saturated carbocycles. The van der Waals surface area contributed by atoms with Crippen LogP contribution in [0.25, 0.3) is 11.0 Å². The zero-order chi connectivity index (χ0) is 20.2. The Bertz CT molecular complexity index is 873. The van der Waals surface area contributed by atoms with Crippen molar-refractivity contribution < 1.29 is 9.59 Å². The van der Waals surface area contributed by atoms with E-state index < -0.39 is 0 Å². The third-order valence-electron chi connectivity index (χ3n) is 6.02. The molecule has 2 fully saturated rings. The lowest BCUT2D eigenvalue weighted by molar-refractivity contribution is -0.127. The molecule has 2 aromatic rings. The first-order valence-electron chi connectivity index (χ1n) is 10.7. The molecule has 2 aliphatic rings. The molecule has 2 amide bonds. The first-order valence-corrected chi connectivity index (χ1v) is 10.7. The fraction of sp³-hybridized carbons (Fsp3) is 0.619. The van der Waals surface area contributed by atoms with Crippen LogP contribution in [0.5, 0.6) is 0 Å². The van der Waals surface area contributed by atoms with Crippen LogP contribution in [0.4, 0.5) is 0 Å². The van der Waals surface area contributed by atoms with Gasteiger partial charge in [0.25, 0.3) is 0 Å². The Balaban J connectivity index is 1.39. The summed E-state index contributed by atoms with van der Waals surface area (Å²) in [5.74, 6) is 0.427. The van der Waals surface area contributed by atoms with Gasteiger partial charge in [-0.25, -0.2) is 9.67 Å². The van der Waals surface area contributed by atoms with Crippen molar-refractivity contribution in [3.63, 3.8) is 0 Å². The zero-order valence-electron chi connectivity index (χ0n) is 17.1. The molecule has 1 unspecified atom stereocenters. The molecule has 2 saturated heterocycles. The highest BCUT2D eigenvalue weighted by Gasteiger charge is 2.29. The smallest absolute Gasteiger partial charge is 0.234 e. The standard InChI is InChI=1S/C21H30N6O2/c1-16(28)26-12-7-17(14-26)20-18-6-5-8-23-21(18)27(24-20)13-9-22-19(29)15-25-10-3-2-4-11-25/h5-6,8,17H,2-4,7,9-15H2,1H3,(H,22,29). The molecular formula is C21H30N6O2. The molecule has 4 heterocycles. The number of likely N-dealkylation sites (tertiary alicyclic amines) is 2. The van der Waals surface area contributed by atoms with Crippen molar-refractivity contribution in [1.82, 2.24) is 29.9 Å². The summed E-state index contributed by atoms with van der Waals surface area (Å²) in [6.45, 7) is 6.74. The lowest BCUT2D eigenvalue weighted by atomic mass is 10.0. The maximum atomic E-state index is 12.2. The Hall–Kier alpha value is -2.48. The molecule has 1 N–H and O–H groups in total. The molecule has 156 valence electrons. The van der Waals surface area contributed by atoms with Crippen molar-refractivity contribution in [1.29, 1.82) is 0 Å². The first-order chi connectivity index (χ1) is 14.1. The summed E-state index contributed by atoms with van der Waals surface area (Å²) in [4.78, 5) is 32.6. The van der Waals surface area contributed by atoms with Crippen LogP contribution in [0.15, 0.2) is 18.3 Å². The molecule has 2 aromatic heterocycles. The SMILES string of the molecule is CC(=O)N1CCC(c2nn(CCNC(=O)CN3CCCCC3)c3ncccc23)C1. The fourth-order valence-corrected chi connectivity index (χ4v) is 4.44. The summed E-state index contributed by atoms with van der Waals surface area (Å²) in [5, 5.41) is 8.90. The van der Waals surface area contributed by atoms with Crippen molar-refractivity contribution in [2.75, 3.05) is 39.3 Å². The van der Waals surface area contributed by atoms with Crippen molar-refractivity contribution in [3.8, 4) is 0 Å². The van der Waals surface area contributed by atoms with Crippen LogP contribution >= 0.6 is 0 Å². The van der Waals surface area contributed by atoms with Crippen LogP contribution in [0.3, 0.4) is 0 Å². The number of rotatable bonds is 6. The number of aromatic nitrogens is 3. The van der Waals surface area contributed by atoms with Gasteiger partial charge in [-0.15, -0.1) is 0 Å². The van der Waals surface area contributed by atoms with Crippen LogP contribution in [0, 0.1) is 0 Å². The third-order valence-corrected chi connectivity index (χ3v) is 6.02. The van der Waals surface area contributed by atoms with Crippen LogP contribution in [-0.2, 0) is 16.1 Å². The summed E-state index contributed by atoms with van der Waals surface area (Å²) in [6.07, 6.45) is 6.33. The summed E-state index contributed by atoms with van der Waals surface area (Å²) in [5.41, 5.74) is 1.85. The Morgan fingerprint density at radius 2 is 2.03 bits per heavy atom. The predicted molar refractivity (Wildman–Crippen MR) is 110 cm³/mol. The number of carbonyl (C=O) groups is 2. The lowest BCUT2D eigenvalue weighted by Gasteiger charge is -2.25. The van der Waals surface area contributed by atoms with E-state index in [2.05, 4.69) is 15.2 Å². The number of fused-ring (bicyclic) bond motifs is 1. The highest BCUT2D eigenvalue weighted by atomic mass is 16.2. The number of nitrogens with zero attached hydrogens (tertiary/aromatic N) is 5. The number of amides is 2. The van der Waals surface area contributed by atoms with E-state index in [1.807, 2.05) is 21.7 Å². The first kappa shape index (κ1) is 19.8. The molecule has 1 atom stereocenters.